The number of methoxy groups -OCH3 is 1. The molecule has 0 spiro atoms. The van der Waals surface area contributed by atoms with Crippen LogP contribution < -0.4 is 9.47 Å². The standard InChI is InChI=1S/C26H27FO3/c1-19(21-11-13-22(28-4)14-12-21)26(2,3)18-29-17-20-10-15-24(27)25(16-20)30-23-8-6-5-7-9-23/h5-16H,1,17-18H2,2-4H3. The summed E-state index contributed by atoms with van der Waals surface area (Å²) in [6, 6.07) is 21.8. The molecule has 0 N–H and O–H groups in total. The summed E-state index contributed by atoms with van der Waals surface area (Å²) < 4.78 is 31.0. The number of rotatable bonds is 9. The van der Waals surface area contributed by atoms with Gasteiger partial charge in [-0.1, -0.05) is 56.8 Å². The first-order chi connectivity index (χ1) is 14.4. The number of para-hydroxylation sites is 1. The van der Waals surface area contributed by atoms with E-state index in [2.05, 4.69) is 20.4 Å². The summed E-state index contributed by atoms with van der Waals surface area (Å²) >= 11 is 0. The third-order valence-electron chi connectivity index (χ3n) is 4.95. The fourth-order valence-corrected chi connectivity index (χ4v) is 3.03. The van der Waals surface area contributed by atoms with E-state index < -0.39 is 5.82 Å². The van der Waals surface area contributed by atoms with Gasteiger partial charge in [-0.15, -0.1) is 0 Å². The van der Waals surface area contributed by atoms with Crippen LogP contribution in [0, 0.1) is 11.2 Å². The van der Waals surface area contributed by atoms with Crippen LogP contribution in [0.3, 0.4) is 0 Å². The van der Waals surface area contributed by atoms with Crippen LogP contribution in [0.25, 0.3) is 5.57 Å². The molecule has 3 rings (SSSR count). The van der Waals surface area contributed by atoms with Crippen molar-refractivity contribution in [1.82, 2.24) is 0 Å². The van der Waals surface area contributed by atoms with Gasteiger partial charge in [0.25, 0.3) is 0 Å². The number of ether oxygens (including phenoxy) is 3. The third-order valence-corrected chi connectivity index (χ3v) is 4.95. The Hall–Kier alpha value is -3.11. The molecule has 3 aromatic carbocycles. The Balaban J connectivity index is 1.60. The zero-order chi connectivity index (χ0) is 21.6. The van der Waals surface area contributed by atoms with Crippen LogP contribution in [0.4, 0.5) is 4.39 Å². The van der Waals surface area contributed by atoms with Crippen molar-refractivity contribution in [3.05, 3.63) is 96.3 Å². The van der Waals surface area contributed by atoms with Crippen LogP contribution in [-0.2, 0) is 11.3 Å². The Morgan fingerprint density at radius 1 is 0.933 bits per heavy atom. The third kappa shape index (κ3) is 5.49. The lowest BCUT2D eigenvalue weighted by Crippen LogP contribution is -2.20. The SMILES string of the molecule is C=C(c1ccc(OC)cc1)C(C)(C)COCc1ccc(F)c(Oc2ccccc2)c1. The second-order valence-corrected chi connectivity index (χ2v) is 7.76. The van der Waals surface area contributed by atoms with Crippen LogP contribution in [0.2, 0.25) is 0 Å². The van der Waals surface area contributed by atoms with E-state index in [0.29, 0.717) is 19.0 Å². The van der Waals surface area contributed by atoms with Crippen molar-refractivity contribution >= 4 is 5.57 Å². The quantitative estimate of drug-likeness (QED) is 0.387. The number of benzene rings is 3. The van der Waals surface area contributed by atoms with Gasteiger partial charge in [0.05, 0.1) is 20.3 Å². The monoisotopic (exact) mass is 406 g/mol. The van der Waals surface area contributed by atoms with E-state index in [4.69, 9.17) is 14.2 Å². The summed E-state index contributed by atoms with van der Waals surface area (Å²) in [6.45, 7) is 9.27. The summed E-state index contributed by atoms with van der Waals surface area (Å²) in [5, 5.41) is 0. The molecule has 0 bridgehead atoms. The highest BCUT2D eigenvalue weighted by molar-refractivity contribution is 5.68. The fourth-order valence-electron chi connectivity index (χ4n) is 3.03. The van der Waals surface area contributed by atoms with E-state index in [1.165, 1.54) is 6.07 Å². The Morgan fingerprint density at radius 3 is 2.30 bits per heavy atom. The average molecular weight is 406 g/mol. The number of hydrogen-bond donors (Lipinski definition) is 0. The topological polar surface area (TPSA) is 27.7 Å². The summed E-state index contributed by atoms with van der Waals surface area (Å²) in [6.07, 6.45) is 0. The van der Waals surface area contributed by atoms with Gasteiger partial charge in [0, 0.05) is 5.41 Å². The maximum absolute atomic E-state index is 14.1. The maximum Gasteiger partial charge on any atom is 0.165 e. The van der Waals surface area contributed by atoms with Crippen molar-refractivity contribution in [2.24, 2.45) is 5.41 Å². The highest BCUT2D eigenvalue weighted by atomic mass is 19.1. The van der Waals surface area contributed by atoms with Gasteiger partial charge in [0.15, 0.2) is 11.6 Å². The van der Waals surface area contributed by atoms with Crippen molar-refractivity contribution in [2.45, 2.75) is 20.5 Å². The van der Waals surface area contributed by atoms with Crippen molar-refractivity contribution in [1.29, 1.82) is 0 Å². The second kappa shape index (κ2) is 9.59. The molecule has 0 saturated heterocycles. The summed E-state index contributed by atoms with van der Waals surface area (Å²) in [5.74, 6) is 1.18. The molecule has 30 heavy (non-hydrogen) atoms. The summed E-state index contributed by atoms with van der Waals surface area (Å²) in [4.78, 5) is 0. The predicted octanol–water partition coefficient (Wildman–Crippen LogP) is 6.88. The lowest BCUT2D eigenvalue weighted by Gasteiger charge is -2.27. The first-order valence-corrected chi connectivity index (χ1v) is 9.82. The van der Waals surface area contributed by atoms with E-state index in [1.807, 2.05) is 42.5 Å². The summed E-state index contributed by atoms with van der Waals surface area (Å²) in [5.41, 5.74) is 2.60. The molecule has 0 aliphatic rings. The molecule has 3 nitrogen and oxygen atoms in total. The highest BCUT2D eigenvalue weighted by Gasteiger charge is 2.23. The van der Waals surface area contributed by atoms with Gasteiger partial charge in [-0.3, -0.25) is 0 Å². The molecular formula is C26H27FO3. The maximum atomic E-state index is 14.1. The molecule has 0 amide bonds. The van der Waals surface area contributed by atoms with Crippen LogP contribution in [0.15, 0.2) is 79.4 Å². The van der Waals surface area contributed by atoms with Crippen LogP contribution in [0.1, 0.15) is 25.0 Å². The minimum atomic E-state index is -0.407. The predicted molar refractivity (Wildman–Crippen MR) is 118 cm³/mol. The molecule has 4 heteroatoms. The molecule has 0 heterocycles. The van der Waals surface area contributed by atoms with Crippen LogP contribution >= 0.6 is 0 Å². The van der Waals surface area contributed by atoms with Gasteiger partial charge in [-0.2, -0.15) is 0 Å². The first-order valence-electron chi connectivity index (χ1n) is 9.82. The van der Waals surface area contributed by atoms with Gasteiger partial charge in [0.1, 0.15) is 11.5 Å². The molecule has 0 aliphatic carbocycles. The van der Waals surface area contributed by atoms with Gasteiger partial charge < -0.3 is 14.2 Å². The largest absolute Gasteiger partial charge is 0.497 e. The van der Waals surface area contributed by atoms with E-state index in [0.717, 1.165) is 22.4 Å². The van der Waals surface area contributed by atoms with Crippen molar-refractivity contribution in [3.8, 4) is 17.2 Å². The Morgan fingerprint density at radius 2 is 1.63 bits per heavy atom. The fraction of sp³-hybridized carbons (Fsp3) is 0.231. The Bertz CT molecular complexity index is 979. The van der Waals surface area contributed by atoms with Crippen molar-refractivity contribution in [2.75, 3.05) is 13.7 Å². The molecule has 156 valence electrons. The molecule has 0 saturated carbocycles. The van der Waals surface area contributed by atoms with E-state index in [9.17, 15) is 4.39 Å². The van der Waals surface area contributed by atoms with Crippen molar-refractivity contribution < 1.29 is 18.6 Å². The van der Waals surface area contributed by atoms with Gasteiger partial charge in [0.2, 0.25) is 0 Å². The van der Waals surface area contributed by atoms with Crippen LogP contribution in [-0.4, -0.2) is 13.7 Å². The number of hydrogen-bond acceptors (Lipinski definition) is 3. The second-order valence-electron chi connectivity index (χ2n) is 7.76. The first kappa shape index (κ1) is 21.6. The van der Waals surface area contributed by atoms with Gasteiger partial charge in [-0.05, 0) is 53.1 Å². The molecule has 0 unspecified atom stereocenters. The van der Waals surface area contributed by atoms with Gasteiger partial charge >= 0.3 is 0 Å². The minimum absolute atomic E-state index is 0.184. The zero-order valence-electron chi connectivity index (χ0n) is 17.7. The lowest BCUT2D eigenvalue weighted by molar-refractivity contribution is 0.0754. The normalized spacial score (nSPS) is 11.2. The number of halogens is 1. The van der Waals surface area contributed by atoms with Gasteiger partial charge in [-0.25, -0.2) is 4.39 Å². The highest BCUT2D eigenvalue weighted by Crippen LogP contribution is 2.34. The smallest absolute Gasteiger partial charge is 0.165 e. The van der Waals surface area contributed by atoms with Crippen LogP contribution in [0.5, 0.6) is 17.2 Å². The summed E-state index contributed by atoms with van der Waals surface area (Å²) in [7, 11) is 1.65. The molecule has 0 radical (unpaired) electrons. The van der Waals surface area contributed by atoms with E-state index in [1.54, 1.807) is 31.4 Å². The average Bonchev–Trinajstić information content (AvgIpc) is 2.76. The molecule has 3 aromatic rings. The molecule has 0 fully saturated rings. The molecular weight excluding hydrogens is 379 g/mol. The van der Waals surface area contributed by atoms with E-state index >= 15 is 0 Å². The Kier molecular flexibility index (Phi) is 6.91. The zero-order valence-corrected chi connectivity index (χ0v) is 17.7. The molecule has 0 aliphatic heterocycles. The molecule has 0 atom stereocenters. The minimum Gasteiger partial charge on any atom is -0.497 e. The van der Waals surface area contributed by atoms with Crippen molar-refractivity contribution in [3.63, 3.8) is 0 Å². The Labute approximate surface area is 177 Å². The lowest BCUT2D eigenvalue weighted by atomic mass is 9.82. The molecule has 0 aromatic heterocycles. The van der Waals surface area contributed by atoms with E-state index in [-0.39, 0.29) is 11.2 Å².